The van der Waals surface area contributed by atoms with Gasteiger partial charge in [-0.05, 0) is 29.5 Å². The van der Waals surface area contributed by atoms with Gasteiger partial charge in [-0.2, -0.15) is 4.99 Å². The van der Waals surface area contributed by atoms with Crippen molar-refractivity contribution in [1.82, 2.24) is 0 Å². The number of rotatable bonds is 5. The topological polar surface area (TPSA) is 66.8 Å². The summed E-state index contributed by atoms with van der Waals surface area (Å²) in [6.07, 6.45) is 1.90. The molecule has 2 aliphatic rings. The number of nitrogens with zero attached hydrogens (tertiary/aromatic N) is 2. The second-order valence-corrected chi connectivity index (χ2v) is 11.1. The van der Waals surface area contributed by atoms with E-state index in [0.717, 1.165) is 35.2 Å². The molecule has 158 valence electrons. The number of thioether (sulfide) groups is 1. The highest BCUT2D eigenvalue weighted by molar-refractivity contribution is 8.16. The minimum Gasteiger partial charge on any atom is -0.315 e. The first kappa shape index (κ1) is 21.1. The van der Waals surface area contributed by atoms with Crippen molar-refractivity contribution in [1.29, 1.82) is 0 Å². The number of aryl methyl sites for hydroxylation is 2. The van der Waals surface area contributed by atoms with Crippen LogP contribution in [0.2, 0.25) is 0 Å². The first-order chi connectivity index (χ1) is 14.4. The number of anilines is 1. The molecule has 0 saturated carbocycles. The van der Waals surface area contributed by atoms with E-state index in [9.17, 15) is 13.2 Å². The SMILES string of the molecule is CCc1cccc(CC)c1N1C(=NC(=O)Cc2ccccc2)S[C@@H]2CS(=O)(=O)C[C@H]21. The summed E-state index contributed by atoms with van der Waals surface area (Å²) in [7, 11) is -3.09. The van der Waals surface area contributed by atoms with E-state index in [0.29, 0.717) is 5.17 Å². The second-order valence-electron chi connectivity index (χ2n) is 7.75. The third-order valence-corrected chi connectivity index (χ3v) is 8.90. The van der Waals surface area contributed by atoms with Crippen LogP contribution in [0.5, 0.6) is 0 Å². The minimum atomic E-state index is -3.09. The van der Waals surface area contributed by atoms with E-state index in [2.05, 4.69) is 35.9 Å². The first-order valence-electron chi connectivity index (χ1n) is 10.3. The van der Waals surface area contributed by atoms with E-state index >= 15 is 0 Å². The number of carbonyl (C=O) groups excluding carboxylic acids is 1. The molecule has 0 radical (unpaired) electrons. The fourth-order valence-corrected chi connectivity index (χ4v) is 8.18. The number of hydrogen-bond donors (Lipinski definition) is 0. The lowest BCUT2D eigenvalue weighted by molar-refractivity contribution is -0.117. The Labute approximate surface area is 182 Å². The van der Waals surface area contributed by atoms with Gasteiger partial charge in [-0.3, -0.25) is 4.79 Å². The van der Waals surface area contributed by atoms with Gasteiger partial charge in [-0.1, -0.05) is 74.1 Å². The highest BCUT2D eigenvalue weighted by Crippen LogP contribution is 2.43. The predicted molar refractivity (Wildman–Crippen MR) is 124 cm³/mol. The molecule has 2 heterocycles. The summed E-state index contributed by atoms with van der Waals surface area (Å²) in [5.74, 6) is 0.0432. The third-order valence-electron chi connectivity index (χ3n) is 5.69. The third kappa shape index (κ3) is 4.18. The smallest absolute Gasteiger partial charge is 0.252 e. The molecule has 2 aliphatic heterocycles. The molecule has 1 amide bonds. The number of amidine groups is 1. The maximum Gasteiger partial charge on any atom is 0.252 e. The molecule has 7 heteroatoms. The van der Waals surface area contributed by atoms with E-state index in [1.165, 1.54) is 11.8 Å². The minimum absolute atomic E-state index is 0.0899. The molecule has 2 atom stereocenters. The summed E-state index contributed by atoms with van der Waals surface area (Å²) in [6, 6.07) is 15.6. The second kappa shape index (κ2) is 8.55. The number of para-hydroxylation sites is 1. The van der Waals surface area contributed by atoms with Gasteiger partial charge < -0.3 is 4.90 Å². The van der Waals surface area contributed by atoms with Crippen LogP contribution in [-0.4, -0.2) is 42.3 Å². The fraction of sp³-hybridized carbons (Fsp3) is 0.391. The Hall–Kier alpha value is -2.12. The van der Waals surface area contributed by atoms with Gasteiger partial charge in [0.2, 0.25) is 0 Å². The van der Waals surface area contributed by atoms with Crippen molar-refractivity contribution in [2.75, 3.05) is 16.4 Å². The molecular formula is C23H26N2O3S2. The zero-order valence-corrected chi connectivity index (χ0v) is 18.9. The fourth-order valence-electron chi connectivity index (χ4n) is 4.27. The summed E-state index contributed by atoms with van der Waals surface area (Å²) >= 11 is 1.44. The number of fused-ring (bicyclic) bond motifs is 1. The zero-order chi connectivity index (χ0) is 21.3. The molecule has 30 heavy (non-hydrogen) atoms. The lowest BCUT2D eigenvalue weighted by atomic mass is 10.0. The Kier molecular flexibility index (Phi) is 6.02. The van der Waals surface area contributed by atoms with Gasteiger partial charge in [0.05, 0.1) is 24.0 Å². The number of benzene rings is 2. The zero-order valence-electron chi connectivity index (χ0n) is 17.2. The molecule has 0 bridgehead atoms. The molecular weight excluding hydrogens is 416 g/mol. The van der Waals surface area contributed by atoms with Crippen LogP contribution in [0.3, 0.4) is 0 Å². The highest BCUT2D eigenvalue weighted by Gasteiger charge is 2.50. The van der Waals surface area contributed by atoms with Crippen LogP contribution in [0.4, 0.5) is 5.69 Å². The van der Waals surface area contributed by atoms with Crippen LogP contribution in [0.15, 0.2) is 53.5 Å². The molecule has 0 unspecified atom stereocenters. The molecule has 2 aromatic rings. The van der Waals surface area contributed by atoms with Crippen LogP contribution in [0.1, 0.15) is 30.5 Å². The molecule has 2 aromatic carbocycles. The summed E-state index contributed by atoms with van der Waals surface area (Å²) in [5.41, 5.74) is 4.27. The summed E-state index contributed by atoms with van der Waals surface area (Å²) < 4.78 is 24.7. The molecule has 0 aliphatic carbocycles. The number of hydrogen-bond acceptors (Lipinski definition) is 4. The number of amides is 1. The number of aliphatic imine (C=N–C) groups is 1. The maximum atomic E-state index is 12.8. The van der Waals surface area contributed by atoms with Crippen LogP contribution in [0, 0.1) is 0 Å². The molecule has 0 N–H and O–H groups in total. The van der Waals surface area contributed by atoms with Crippen molar-refractivity contribution in [3.8, 4) is 0 Å². The van der Waals surface area contributed by atoms with Crippen LogP contribution in [0.25, 0.3) is 0 Å². The molecule has 2 saturated heterocycles. The lowest BCUT2D eigenvalue weighted by Crippen LogP contribution is -2.39. The van der Waals surface area contributed by atoms with Crippen LogP contribution < -0.4 is 4.90 Å². The van der Waals surface area contributed by atoms with Crippen molar-refractivity contribution in [3.63, 3.8) is 0 Å². The van der Waals surface area contributed by atoms with Gasteiger partial charge in [0, 0.05) is 10.9 Å². The van der Waals surface area contributed by atoms with Crippen LogP contribution in [-0.2, 0) is 33.9 Å². The van der Waals surface area contributed by atoms with Gasteiger partial charge in [0.25, 0.3) is 5.91 Å². The molecule has 0 spiro atoms. The van der Waals surface area contributed by atoms with Gasteiger partial charge >= 0.3 is 0 Å². The summed E-state index contributed by atoms with van der Waals surface area (Å²) in [6.45, 7) is 4.20. The van der Waals surface area contributed by atoms with E-state index in [1.54, 1.807) is 0 Å². The van der Waals surface area contributed by atoms with Crippen molar-refractivity contribution >= 4 is 38.4 Å². The largest absolute Gasteiger partial charge is 0.315 e. The number of carbonyl (C=O) groups is 1. The average molecular weight is 443 g/mol. The Morgan fingerprint density at radius 3 is 2.33 bits per heavy atom. The molecule has 4 rings (SSSR count). The molecule has 2 fully saturated rings. The Bertz CT molecular complexity index is 1060. The Balaban J connectivity index is 1.75. The Morgan fingerprint density at radius 1 is 1.03 bits per heavy atom. The van der Waals surface area contributed by atoms with Crippen molar-refractivity contribution < 1.29 is 13.2 Å². The van der Waals surface area contributed by atoms with E-state index in [-0.39, 0.29) is 35.1 Å². The average Bonchev–Trinajstić information content (AvgIpc) is 3.18. The summed E-state index contributed by atoms with van der Waals surface area (Å²) in [5, 5.41) is 0.546. The van der Waals surface area contributed by atoms with Crippen molar-refractivity contribution in [3.05, 3.63) is 65.2 Å². The standard InChI is InChI=1S/C23H26N2O3S2/c1-3-17-11-8-12-18(4-2)22(17)25-19-14-30(27,28)15-20(19)29-23(25)24-21(26)13-16-9-6-5-7-10-16/h5-12,19-20H,3-4,13-15H2,1-2H3/t19-,20-/m1/s1. The maximum absolute atomic E-state index is 12.8. The predicted octanol–water partition coefficient (Wildman–Crippen LogP) is 3.66. The molecule has 5 nitrogen and oxygen atoms in total. The lowest BCUT2D eigenvalue weighted by Gasteiger charge is -2.29. The Morgan fingerprint density at radius 2 is 1.70 bits per heavy atom. The van der Waals surface area contributed by atoms with E-state index < -0.39 is 9.84 Å². The van der Waals surface area contributed by atoms with Crippen molar-refractivity contribution in [2.45, 2.75) is 44.4 Å². The quantitative estimate of drug-likeness (QED) is 0.707. The first-order valence-corrected chi connectivity index (χ1v) is 13.0. The monoisotopic (exact) mass is 442 g/mol. The van der Waals surface area contributed by atoms with Gasteiger partial charge in [0.1, 0.15) is 0 Å². The van der Waals surface area contributed by atoms with Gasteiger partial charge in [-0.25, -0.2) is 8.42 Å². The number of sulfone groups is 1. The summed E-state index contributed by atoms with van der Waals surface area (Å²) in [4.78, 5) is 19.3. The normalized spacial score (nSPS) is 23.7. The van der Waals surface area contributed by atoms with E-state index in [1.807, 2.05) is 36.4 Å². The van der Waals surface area contributed by atoms with Crippen LogP contribution >= 0.6 is 11.8 Å². The van der Waals surface area contributed by atoms with E-state index in [4.69, 9.17) is 0 Å². The van der Waals surface area contributed by atoms with Crippen molar-refractivity contribution in [2.24, 2.45) is 4.99 Å². The van der Waals surface area contributed by atoms with Gasteiger partial charge in [-0.15, -0.1) is 0 Å². The van der Waals surface area contributed by atoms with Gasteiger partial charge in [0.15, 0.2) is 15.0 Å². The highest BCUT2D eigenvalue weighted by atomic mass is 32.2. The molecule has 0 aromatic heterocycles.